The molecule has 0 bridgehead atoms. The molecule has 5 heteroatoms. The third-order valence-corrected chi connectivity index (χ3v) is 0.814. The lowest BCUT2D eigenvalue weighted by Crippen LogP contribution is -1.83. The SMILES string of the molecule is N#[N+]c1c(O)coc1[O-]. The van der Waals surface area contributed by atoms with Gasteiger partial charge in [0.05, 0.1) is 0 Å². The summed E-state index contributed by atoms with van der Waals surface area (Å²) in [5.74, 6) is -1.31. The molecule has 0 radical (unpaired) electrons. The largest absolute Gasteiger partial charge is 0.578 e. The molecule has 0 saturated heterocycles. The first kappa shape index (κ1) is 5.44. The standard InChI is InChI=1S/C4H2N2O3/c5-6-3-2(7)1-9-4(3)8/h1H,(H-,7,8). The Hall–Kier alpha value is -1.70. The second-order valence-corrected chi connectivity index (χ2v) is 1.36. The predicted octanol–water partition coefficient (Wildman–Crippen LogP) is 0.543. The highest BCUT2D eigenvalue weighted by atomic mass is 16.5. The summed E-state index contributed by atoms with van der Waals surface area (Å²) in [6.45, 7) is 0. The van der Waals surface area contributed by atoms with Crippen LogP contribution in [0.3, 0.4) is 0 Å². The molecule has 0 aliphatic rings. The van der Waals surface area contributed by atoms with Gasteiger partial charge in [-0.3, -0.25) is 0 Å². The highest BCUT2D eigenvalue weighted by Crippen LogP contribution is 2.35. The third-order valence-electron chi connectivity index (χ3n) is 0.814. The fourth-order valence-electron chi connectivity index (χ4n) is 0.418. The lowest BCUT2D eigenvalue weighted by Gasteiger charge is -1.80. The zero-order valence-electron chi connectivity index (χ0n) is 4.24. The topological polar surface area (TPSA) is 84.6 Å². The van der Waals surface area contributed by atoms with Crippen LogP contribution in [0.5, 0.6) is 11.7 Å². The molecule has 46 valence electrons. The average Bonchev–Trinajstić information content (AvgIpc) is 2.12. The van der Waals surface area contributed by atoms with Crippen LogP contribution in [0.15, 0.2) is 10.7 Å². The number of aromatic hydroxyl groups is 1. The number of nitrogens with zero attached hydrogens (tertiary/aromatic N) is 2. The van der Waals surface area contributed by atoms with Crippen molar-refractivity contribution in [2.24, 2.45) is 0 Å². The van der Waals surface area contributed by atoms with Gasteiger partial charge in [0.25, 0.3) is 0 Å². The van der Waals surface area contributed by atoms with E-state index in [-0.39, 0.29) is 0 Å². The number of diazo groups is 1. The van der Waals surface area contributed by atoms with E-state index in [1.165, 1.54) is 0 Å². The van der Waals surface area contributed by atoms with E-state index in [0.717, 1.165) is 6.26 Å². The van der Waals surface area contributed by atoms with Crippen LogP contribution in [0.2, 0.25) is 0 Å². The first-order chi connectivity index (χ1) is 4.25. The predicted molar refractivity (Wildman–Crippen MR) is 24.6 cm³/mol. The fraction of sp³-hybridized carbons (Fsp3) is 0. The van der Waals surface area contributed by atoms with E-state index in [1.54, 1.807) is 0 Å². The van der Waals surface area contributed by atoms with Crippen molar-refractivity contribution in [2.45, 2.75) is 0 Å². The summed E-state index contributed by atoms with van der Waals surface area (Å²) in [7, 11) is 0. The van der Waals surface area contributed by atoms with Gasteiger partial charge in [0.15, 0.2) is 10.9 Å². The van der Waals surface area contributed by atoms with Crippen LogP contribution in [0.25, 0.3) is 4.98 Å². The van der Waals surface area contributed by atoms with Crippen molar-refractivity contribution in [2.75, 3.05) is 0 Å². The Kier molecular flexibility index (Phi) is 1.01. The lowest BCUT2D eigenvalue weighted by atomic mass is 10.5. The van der Waals surface area contributed by atoms with Crippen molar-refractivity contribution < 1.29 is 14.6 Å². The van der Waals surface area contributed by atoms with E-state index in [4.69, 9.17) is 10.5 Å². The molecule has 0 aliphatic carbocycles. The van der Waals surface area contributed by atoms with Crippen molar-refractivity contribution in [3.8, 4) is 11.7 Å². The van der Waals surface area contributed by atoms with Crippen LogP contribution in [-0.2, 0) is 0 Å². The zero-order valence-corrected chi connectivity index (χ0v) is 4.24. The average molecular weight is 126 g/mol. The van der Waals surface area contributed by atoms with Gasteiger partial charge in [-0.15, -0.1) is 0 Å². The van der Waals surface area contributed by atoms with Crippen LogP contribution < -0.4 is 5.11 Å². The molecule has 1 rings (SSSR count). The summed E-state index contributed by atoms with van der Waals surface area (Å²) in [5, 5.41) is 26.9. The first-order valence-corrected chi connectivity index (χ1v) is 2.08. The minimum Gasteiger partial charge on any atom is -0.578 e. The molecule has 0 aliphatic heterocycles. The van der Waals surface area contributed by atoms with Crippen molar-refractivity contribution in [1.82, 2.24) is 0 Å². The maximum absolute atomic E-state index is 10.3. The van der Waals surface area contributed by atoms with E-state index in [0.29, 0.717) is 0 Å². The quantitative estimate of drug-likeness (QED) is 0.514. The van der Waals surface area contributed by atoms with Crippen molar-refractivity contribution in [3.63, 3.8) is 0 Å². The van der Waals surface area contributed by atoms with Crippen LogP contribution in [0, 0.1) is 5.39 Å². The van der Waals surface area contributed by atoms with Gasteiger partial charge in [0, 0.05) is 6.26 Å². The summed E-state index contributed by atoms with van der Waals surface area (Å²) in [5.41, 5.74) is -0.463. The van der Waals surface area contributed by atoms with Gasteiger partial charge < -0.3 is 14.6 Å². The molecular formula is C4H2N2O3. The summed E-state index contributed by atoms with van der Waals surface area (Å²) in [6.07, 6.45) is 0.803. The molecule has 0 aromatic carbocycles. The first-order valence-electron chi connectivity index (χ1n) is 2.08. The van der Waals surface area contributed by atoms with E-state index in [9.17, 15) is 5.11 Å². The van der Waals surface area contributed by atoms with Crippen LogP contribution in [0.1, 0.15) is 0 Å². The Morgan fingerprint density at radius 1 is 1.78 bits per heavy atom. The highest BCUT2D eigenvalue weighted by Gasteiger charge is 2.15. The molecule has 5 nitrogen and oxygen atoms in total. The van der Waals surface area contributed by atoms with E-state index in [1.807, 2.05) is 0 Å². The Morgan fingerprint density at radius 3 is 2.67 bits per heavy atom. The minimum absolute atomic E-state index is 0.456. The van der Waals surface area contributed by atoms with Crippen molar-refractivity contribution in [1.29, 1.82) is 5.39 Å². The van der Waals surface area contributed by atoms with Gasteiger partial charge in [-0.2, -0.15) is 0 Å². The number of furan rings is 1. The Balaban J connectivity index is 3.27. The van der Waals surface area contributed by atoms with E-state index in [2.05, 4.69) is 9.39 Å². The van der Waals surface area contributed by atoms with Gasteiger partial charge in [-0.25, -0.2) is 0 Å². The highest BCUT2D eigenvalue weighted by molar-refractivity contribution is 5.60. The molecule has 1 heterocycles. The third kappa shape index (κ3) is 0.659. The number of rotatable bonds is 0. The number of hydrogen-bond donors (Lipinski definition) is 1. The molecule has 0 atom stereocenters. The summed E-state index contributed by atoms with van der Waals surface area (Å²) < 4.78 is 4.13. The van der Waals surface area contributed by atoms with Gasteiger partial charge >= 0.3 is 5.69 Å². The molecule has 0 unspecified atom stereocenters. The van der Waals surface area contributed by atoms with E-state index < -0.39 is 17.4 Å². The molecule has 9 heavy (non-hydrogen) atoms. The lowest BCUT2D eigenvalue weighted by molar-refractivity contribution is -0.292. The summed E-state index contributed by atoms with van der Waals surface area (Å²) >= 11 is 0. The van der Waals surface area contributed by atoms with Gasteiger partial charge in [-0.05, 0) is 0 Å². The second-order valence-electron chi connectivity index (χ2n) is 1.36. The zero-order chi connectivity index (χ0) is 6.85. The Bertz CT molecular complexity index is 240. The summed E-state index contributed by atoms with van der Waals surface area (Å²) in [4.78, 5) is 2.47. The van der Waals surface area contributed by atoms with Gasteiger partial charge in [0.1, 0.15) is 0 Å². The van der Waals surface area contributed by atoms with Crippen molar-refractivity contribution >= 4 is 5.69 Å². The van der Waals surface area contributed by atoms with Crippen LogP contribution >= 0.6 is 0 Å². The van der Waals surface area contributed by atoms with Crippen LogP contribution in [-0.4, -0.2) is 5.11 Å². The second kappa shape index (κ2) is 1.67. The molecule has 1 N–H and O–H groups in total. The maximum atomic E-state index is 10.3. The minimum atomic E-state index is -0.852. The molecular weight excluding hydrogens is 124 g/mol. The fourth-order valence-corrected chi connectivity index (χ4v) is 0.418. The van der Waals surface area contributed by atoms with Gasteiger partial charge in [-0.1, -0.05) is 0 Å². The number of hydrogen-bond acceptors (Lipinski definition) is 4. The Morgan fingerprint density at radius 2 is 2.44 bits per heavy atom. The normalized spacial score (nSPS) is 8.78. The molecule has 0 fully saturated rings. The van der Waals surface area contributed by atoms with E-state index >= 15 is 0 Å². The summed E-state index contributed by atoms with van der Waals surface area (Å²) in [6, 6.07) is 0. The molecule has 0 amide bonds. The van der Waals surface area contributed by atoms with Gasteiger partial charge in [0.2, 0.25) is 11.1 Å². The monoisotopic (exact) mass is 126 g/mol. The molecule has 1 aromatic heterocycles. The molecule has 0 spiro atoms. The maximum Gasteiger partial charge on any atom is 0.448 e. The van der Waals surface area contributed by atoms with Crippen LogP contribution in [0.4, 0.5) is 5.69 Å². The smallest absolute Gasteiger partial charge is 0.448 e. The molecule has 1 aromatic rings. The van der Waals surface area contributed by atoms with Crippen molar-refractivity contribution in [3.05, 3.63) is 11.2 Å². The Labute approximate surface area is 49.8 Å². The molecule has 0 saturated carbocycles.